The number of rotatable bonds is 1. The fraction of sp³-hybridized carbons (Fsp3) is 0.571. The van der Waals surface area contributed by atoms with Crippen LogP contribution >= 0.6 is 0 Å². The summed E-state index contributed by atoms with van der Waals surface area (Å²) in [5.74, 6) is 0.528. The molecule has 0 radical (unpaired) electrons. The maximum absolute atomic E-state index is 10.8. The van der Waals surface area contributed by atoms with Crippen LogP contribution in [0.2, 0.25) is 0 Å². The molecule has 3 rings (SSSR count). The van der Waals surface area contributed by atoms with Crippen LogP contribution < -0.4 is 0 Å². The lowest BCUT2D eigenvalue weighted by atomic mass is 9.70. The van der Waals surface area contributed by atoms with Crippen LogP contribution in [0.1, 0.15) is 42.4 Å². The normalized spacial score (nSPS) is 30.0. The van der Waals surface area contributed by atoms with Gasteiger partial charge in [-0.05, 0) is 49.7 Å². The highest BCUT2D eigenvalue weighted by molar-refractivity contribution is 5.40. The van der Waals surface area contributed by atoms with E-state index in [2.05, 4.69) is 25.1 Å². The van der Waals surface area contributed by atoms with Crippen molar-refractivity contribution in [2.75, 3.05) is 0 Å². The van der Waals surface area contributed by atoms with Gasteiger partial charge in [0.15, 0.2) is 0 Å². The molecule has 1 fully saturated rings. The van der Waals surface area contributed by atoms with Crippen LogP contribution in [-0.2, 0) is 12.0 Å². The van der Waals surface area contributed by atoms with E-state index in [1.165, 1.54) is 36.0 Å². The fourth-order valence-corrected chi connectivity index (χ4v) is 3.08. The second-order valence-electron chi connectivity index (χ2n) is 5.21. The summed E-state index contributed by atoms with van der Waals surface area (Å²) in [6.07, 6.45) is 5.72. The van der Waals surface area contributed by atoms with Crippen LogP contribution in [0.25, 0.3) is 0 Å². The van der Waals surface area contributed by atoms with Crippen LogP contribution in [0.4, 0.5) is 0 Å². The number of hydrogen-bond donors (Lipinski definition) is 1. The van der Waals surface area contributed by atoms with E-state index in [0.717, 1.165) is 12.8 Å². The van der Waals surface area contributed by atoms with Gasteiger partial charge in [0.2, 0.25) is 0 Å². The van der Waals surface area contributed by atoms with Gasteiger partial charge in [0.1, 0.15) is 0 Å². The van der Waals surface area contributed by atoms with E-state index in [9.17, 15) is 5.11 Å². The van der Waals surface area contributed by atoms with Crippen molar-refractivity contribution in [1.82, 2.24) is 0 Å². The van der Waals surface area contributed by atoms with Crippen molar-refractivity contribution in [3.05, 3.63) is 34.9 Å². The van der Waals surface area contributed by atoms with Gasteiger partial charge < -0.3 is 5.11 Å². The summed E-state index contributed by atoms with van der Waals surface area (Å²) in [4.78, 5) is 0. The van der Waals surface area contributed by atoms with Crippen molar-refractivity contribution in [3.8, 4) is 0 Å². The van der Waals surface area contributed by atoms with Crippen LogP contribution in [0.3, 0.4) is 0 Å². The Labute approximate surface area is 91.1 Å². The highest BCUT2D eigenvalue weighted by Gasteiger charge is 2.45. The lowest BCUT2D eigenvalue weighted by Gasteiger charge is -2.39. The summed E-state index contributed by atoms with van der Waals surface area (Å²) in [5.41, 5.74) is 3.38. The molecule has 1 unspecified atom stereocenters. The van der Waals surface area contributed by atoms with Gasteiger partial charge in [-0.2, -0.15) is 0 Å². The lowest BCUT2D eigenvalue weighted by Crippen LogP contribution is -2.37. The van der Waals surface area contributed by atoms with E-state index in [1.807, 2.05) is 0 Å². The van der Waals surface area contributed by atoms with Gasteiger partial charge in [-0.1, -0.05) is 30.2 Å². The van der Waals surface area contributed by atoms with Crippen molar-refractivity contribution < 1.29 is 5.11 Å². The van der Waals surface area contributed by atoms with Crippen LogP contribution in [0.15, 0.2) is 18.2 Å². The first-order chi connectivity index (χ1) is 7.20. The average molecular weight is 202 g/mol. The van der Waals surface area contributed by atoms with Crippen LogP contribution in [0, 0.1) is 12.8 Å². The van der Waals surface area contributed by atoms with Crippen molar-refractivity contribution >= 4 is 0 Å². The van der Waals surface area contributed by atoms with Crippen molar-refractivity contribution in [2.45, 2.75) is 44.6 Å². The van der Waals surface area contributed by atoms with E-state index in [4.69, 9.17) is 0 Å². The number of fused-ring (bicyclic) bond motifs is 1. The molecule has 2 aliphatic carbocycles. The molecule has 0 aromatic heterocycles. The lowest BCUT2D eigenvalue weighted by molar-refractivity contribution is -0.0545. The molecule has 80 valence electrons. The summed E-state index contributed by atoms with van der Waals surface area (Å²) < 4.78 is 0. The van der Waals surface area contributed by atoms with Gasteiger partial charge in [-0.3, -0.25) is 0 Å². The molecule has 0 heterocycles. The molecule has 1 aromatic rings. The number of aliphatic hydroxyl groups is 1. The molecule has 1 saturated carbocycles. The summed E-state index contributed by atoms with van der Waals surface area (Å²) in [6, 6.07) is 6.55. The van der Waals surface area contributed by atoms with E-state index in [-0.39, 0.29) is 0 Å². The van der Waals surface area contributed by atoms with Gasteiger partial charge in [-0.25, -0.2) is 0 Å². The summed E-state index contributed by atoms with van der Waals surface area (Å²) >= 11 is 0. The van der Waals surface area contributed by atoms with Gasteiger partial charge in [-0.15, -0.1) is 0 Å². The maximum Gasteiger partial charge on any atom is 0.0930 e. The van der Waals surface area contributed by atoms with Crippen LogP contribution in [-0.4, -0.2) is 5.11 Å². The second kappa shape index (κ2) is 3.08. The van der Waals surface area contributed by atoms with E-state index in [0.29, 0.717) is 5.92 Å². The zero-order valence-corrected chi connectivity index (χ0v) is 9.29. The molecular weight excluding hydrogens is 184 g/mol. The summed E-state index contributed by atoms with van der Waals surface area (Å²) in [5, 5.41) is 10.8. The average Bonchev–Trinajstić information content (AvgIpc) is 2.42. The van der Waals surface area contributed by atoms with Gasteiger partial charge in [0.25, 0.3) is 0 Å². The molecule has 0 spiro atoms. The largest absolute Gasteiger partial charge is 0.385 e. The smallest absolute Gasteiger partial charge is 0.0930 e. The molecule has 1 atom stereocenters. The zero-order valence-electron chi connectivity index (χ0n) is 9.29. The maximum atomic E-state index is 10.8. The summed E-state index contributed by atoms with van der Waals surface area (Å²) in [7, 11) is 0. The highest BCUT2D eigenvalue weighted by Crippen LogP contribution is 2.49. The number of hydrogen-bond acceptors (Lipinski definition) is 1. The van der Waals surface area contributed by atoms with Gasteiger partial charge in [0, 0.05) is 0 Å². The molecule has 1 N–H and O–H groups in total. The Morgan fingerprint density at radius 1 is 1.33 bits per heavy atom. The van der Waals surface area contributed by atoms with Crippen molar-refractivity contribution in [3.63, 3.8) is 0 Å². The molecule has 1 nitrogen and oxygen atoms in total. The number of aryl methyl sites for hydroxylation is 2. The minimum Gasteiger partial charge on any atom is -0.385 e. The molecule has 15 heavy (non-hydrogen) atoms. The Kier molecular flexibility index (Phi) is 1.93. The zero-order chi connectivity index (χ0) is 10.5. The molecule has 0 aliphatic heterocycles. The Morgan fingerprint density at radius 2 is 2.13 bits per heavy atom. The Hall–Kier alpha value is -0.820. The first kappa shape index (κ1) is 9.41. The molecule has 1 heteroatoms. The standard InChI is InChI=1S/C14H18O/c1-10-5-6-11-7-8-14(15,13(11)9-10)12-3-2-4-12/h5-6,9,12,15H,2-4,7-8H2,1H3. The van der Waals surface area contributed by atoms with E-state index >= 15 is 0 Å². The second-order valence-corrected chi connectivity index (χ2v) is 5.21. The van der Waals surface area contributed by atoms with E-state index < -0.39 is 5.60 Å². The monoisotopic (exact) mass is 202 g/mol. The topological polar surface area (TPSA) is 20.2 Å². The third kappa shape index (κ3) is 1.26. The van der Waals surface area contributed by atoms with E-state index in [1.54, 1.807) is 0 Å². The Morgan fingerprint density at radius 3 is 2.80 bits per heavy atom. The third-order valence-corrected chi connectivity index (χ3v) is 4.29. The van der Waals surface area contributed by atoms with Gasteiger partial charge in [0.05, 0.1) is 5.60 Å². The first-order valence-corrected chi connectivity index (χ1v) is 6.02. The Bertz CT molecular complexity index is 392. The molecule has 0 saturated heterocycles. The quantitative estimate of drug-likeness (QED) is 0.742. The third-order valence-electron chi connectivity index (χ3n) is 4.29. The predicted molar refractivity (Wildman–Crippen MR) is 60.7 cm³/mol. The molecule has 0 amide bonds. The van der Waals surface area contributed by atoms with Crippen molar-refractivity contribution in [1.29, 1.82) is 0 Å². The van der Waals surface area contributed by atoms with Crippen molar-refractivity contribution in [2.24, 2.45) is 5.92 Å². The van der Waals surface area contributed by atoms with Gasteiger partial charge >= 0.3 is 0 Å². The summed E-state index contributed by atoms with van der Waals surface area (Å²) in [6.45, 7) is 2.11. The Balaban J connectivity index is 2.05. The fourth-order valence-electron chi connectivity index (χ4n) is 3.08. The SMILES string of the molecule is Cc1ccc2c(c1)C(O)(C1CCC1)CC2. The first-order valence-electron chi connectivity index (χ1n) is 6.02. The molecule has 2 aliphatic rings. The molecule has 0 bridgehead atoms. The van der Waals surface area contributed by atoms with Crippen LogP contribution in [0.5, 0.6) is 0 Å². The minimum absolute atomic E-state index is 0.487. The highest BCUT2D eigenvalue weighted by atomic mass is 16.3. The minimum atomic E-state index is -0.487. The molecule has 1 aromatic carbocycles. The molecular formula is C14H18O. The predicted octanol–water partition coefficient (Wildman–Crippen LogP) is 2.93. The number of benzene rings is 1.